The monoisotopic (exact) mass is 481 g/mol. The van der Waals surface area contributed by atoms with Gasteiger partial charge in [0.05, 0.1) is 12.9 Å². The van der Waals surface area contributed by atoms with Gasteiger partial charge in [0.15, 0.2) is 23.2 Å². The number of nitrogens with zero attached hydrogens (tertiary/aromatic N) is 4. The Morgan fingerprint density at radius 2 is 1.57 bits per heavy atom. The number of aromatic nitrogens is 4. The van der Waals surface area contributed by atoms with E-state index in [1.54, 1.807) is 0 Å². The summed E-state index contributed by atoms with van der Waals surface area (Å²) in [4.78, 5) is 53.9. The number of hydrogen-bond acceptors (Lipinski definition) is 10. The standard InChI is InChI=1S/C10H12FN5O4.2H3O4P/c11-10-14-7(12)4-8(15-10)16(2-13-4)9-6(19)5(18)3(1-17)20-9;2*1-5(2,3)4/h2-3,5-6,9,17-19H,1H2,(H2,12,14,15);2*(H3,1,2,3,4)/t3-,5-,6-,9-;;/m1../s1. The highest BCUT2D eigenvalue weighted by Gasteiger charge is 2.44. The van der Waals surface area contributed by atoms with Gasteiger partial charge in [-0.1, -0.05) is 0 Å². The highest BCUT2D eigenvalue weighted by molar-refractivity contribution is 7.45. The first-order valence-corrected chi connectivity index (χ1v) is 10.5. The average Bonchev–Trinajstić information content (AvgIpc) is 3.06. The number of hydrogen-bond donors (Lipinski definition) is 10. The normalized spacial score (nSPS) is 24.1. The summed E-state index contributed by atoms with van der Waals surface area (Å²) < 4.78 is 37.5. The number of rotatable bonds is 2. The van der Waals surface area contributed by atoms with Crippen LogP contribution in [0, 0.1) is 6.08 Å². The van der Waals surface area contributed by atoms with Gasteiger partial charge in [-0.25, -0.2) is 14.1 Å². The quantitative estimate of drug-likeness (QED) is 0.146. The molecule has 0 aliphatic carbocycles. The van der Waals surface area contributed by atoms with Gasteiger partial charge in [-0.3, -0.25) is 4.57 Å². The Kier molecular flexibility index (Phi) is 8.88. The SMILES string of the molecule is Nc1nc(F)nc2c1ncn2[C@@H]1O[C@H](CO)[C@@H](O)[C@H]1O.O=P(O)(O)O.O=P(O)(O)O. The van der Waals surface area contributed by atoms with E-state index >= 15 is 0 Å². The Hall–Kier alpha value is -1.66. The number of imidazole rings is 1. The molecule has 3 rings (SSSR count). The van der Waals surface area contributed by atoms with Gasteiger partial charge >= 0.3 is 21.7 Å². The topological polar surface area (TPSA) is 295 Å². The average molecular weight is 481 g/mol. The molecule has 0 aromatic carbocycles. The summed E-state index contributed by atoms with van der Waals surface area (Å²) in [6.45, 7) is -0.465. The lowest BCUT2D eigenvalue weighted by Gasteiger charge is -2.16. The molecule has 3 heterocycles. The molecule has 0 saturated carbocycles. The molecule has 2 aromatic rings. The third kappa shape index (κ3) is 8.23. The van der Waals surface area contributed by atoms with Crippen LogP contribution in [0.3, 0.4) is 0 Å². The molecule has 0 bridgehead atoms. The van der Waals surface area contributed by atoms with Crippen LogP contribution >= 0.6 is 15.6 Å². The maximum atomic E-state index is 13.2. The third-order valence-electron chi connectivity index (χ3n) is 3.21. The van der Waals surface area contributed by atoms with Gasteiger partial charge < -0.3 is 55.2 Å². The van der Waals surface area contributed by atoms with Crippen LogP contribution in [0.4, 0.5) is 10.2 Å². The Labute approximate surface area is 165 Å². The van der Waals surface area contributed by atoms with Crippen molar-refractivity contribution in [2.24, 2.45) is 0 Å². The number of aliphatic hydroxyl groups excluding tert-OH is 3. The van der Waals surface area contributed by atoms with Crippen molar-refractivity contribution in [2.45, 2.75) is 24.5 Å². The maximum absolute atomic E-state index is 13.2. The van der Waals surface area contributed by atoms with E-state index in [-0.39, 0.29) is 17.0 Å². The number of nitrogens with two attached hydrogens (primary N) is 1. The zero-order chi connectivity index (χ0) is 23.4. The molecule has 20 heteroatoms. The Morgan fingerprint density at radius 3 is 2.00 bits per heavy atom. The number of phosphoric acid groups is 2. The van der Waals surface area contributed by atoms with Crippen LogP contribution in [0.2, 0.25) is 0 Å². The molecule has 0 spiro atoms. The summed E-state index contributed by atoms with van der Waals surface area (Å²) in [6.07, 6.45) is -4.38. The Morgan fingerprint density at radius 1 is 1.07 bits per heavy atom. The third-order valence-corrected chi connectivity index (χ3v) is 3.21. The zero-order valence-electron chi connectivity index (χ0n) is 14.5. The number of fused-ring (bicyclic) bond motifs is 1. The van der Waals surface area contributed by atoms with Gasteiger partial charge in [-0.05, 0) is 0 Å². The minimum atomic E-state index is -4.64. The van der Waals surface area contributed by atoms with Crippen molar-refractivity contribution < 1.29 is 62.9 Å². The van der Waals surface area contributed by atoms with Crippen LogP contribution in [-0.2, 0) is 13.9 Å². The van der Waals surface area contributed by atoms with Gasteiger partial charge in [0.2, 0.25) is 0 Å². The molecule has 30 heavy (non-hydrogen) atoms. The molecule has 2 aromatic heterocycles. The van der Waals surface area contributed by atoms with Crippen LogP contribution in [0.5, 0.6) is 0 Å². The second-order valence-corrected chi connectivity index (χ2v) is 7.51. The molecule has 1 aliphatic rings. The highest BCUT2D eigenvalue weighted by Crippen LogP contribution is 2.31. The summed E-state index contributed by atoms with van der Waals surface area (Å²) in [5.74, 6) is -0.141. The van der Waals surface area contributed by atoms with Crippen molar-refractivity contribution in [3.63, 3.8) is 0 Å². The maximum Gasteiger partial charge on any atom is 0.466 e. The fourth-order valence-corrected chi connectivity index (χ4v) is 2.21. The van der Waals surface area contributed by atoms with Crippen LogP contribution < -0.4 is 5.73 Å². The molecule has 1 fully saturated rings. The van der Waals surface area contributed by atoms with Crippen molar-refractivity contribution in [3.05, 3.63) is 12.4 Å². The van der Waals surface area contributed by atoms with Gasteiger partial charge in [-0.15, -0.1) is 0 Å². The predicted molar refractivity (Wildman–Crippen MR) is 91.2 cm³/mol. The molecule has 17 nitrogen and oxygen atoms in total. The first-order chi connectivity index (χ1) is 13.5. The molecule has 172 valence electrons. The van der Waals surface area contributed by atoms with Crippen LogP contribution in [0.15, 0.2) is 6.33 Å². The number of ether oxygens (including phenoxy) is 1. The lowest BCUT2D eigenvalue weighted by atomic mass is 10.1. The molecular formula is C10H18FN5O12P2. The molecule has 0 amide bonds. The summed E-state index contributed by atoms with van der Waals surface area (Å²) in [5.41, 5.74) is 5.71. The molecule has 0 unspecified atom stereocenters. The van der Waals surface area contributed by atoms with Crippen LogP contribution in [-0.4, -0.2) is 89.1 Å². The summed E-state index contributed by atoms with van der Waals surface area (Å²) in [6, 6.07) is 0. The fraction of sp³-hybridized carbons (Fsp3) is 0.500. The molecule has 0 radical (unpaired) electrons. The molecular weight excluding hydrogens is 463 g/mol. The predicted octanol–water partition coefficient (Wildman–Crippen LogP) is -3.70. The van der Waals surface area contributed by atoms with Gasteiger partial charge in [0, 0.05) is 0 Å². The number of aliphatic hydroxyl groups is 3. The second kappa shape index (κ2) is 10.1. The van der Waals surface area contributed by atoms with E-state index in [9.17, 15) is 14.6 Å². The van der Waals surface area contributed by atoms with Crippen LogP contribution in [0.1, 0.15) is 6.23 Å². The Bertz CT molecular complexity index is 912. The highest BCUT2D eigenvalue weighted by atomic mass is 31.2. The van der Waals surface area contributed by atoms with E-state index in [4.69, 9.17) is 54.1 Å². The van der Waals surface area contributed by atoms with Crippen LogP contribution in [0.25, 0.3) is 11.2 Å². The van der Waals surface area contributed by atoms with E-state index in [0.717, 1.165) is 0 Å². The molecule has 1 aliphatic heterocycles. The van der Waals surface area contributed by atoms with Crippen molar-refractivity contribution >= 4 is 32.6 Å². The largest absolute Gasteiger partial charge is 0.466 e. The molecule has 11 N–H and O–H groups in total. The smallest absolute Gasteiger partial charge is 0.394 e. The van der Waals surface area contributed by atoms with E-state index in [1.807, 2.05) is 0 Å². The summed E-state index contributed by atoms with van der Waals surface area (Å²) in [5, 5.41) is 28.7. The second-order valence-electron chi connectivity index (χ2n) is 5.46. The number of nitrogen functional groups attached to an aromatic ring is 1. The van der Waals surface area contributed by atoms with Crippen molar-refractivity contribution in [2.75, 3.05) is 12.3 Å². The van der Waals surface area contributed by atoms with Crippen molar-refractivity contribution in [1.82, 2.24) is 19.5 Å². The van der Waals surface area contributed by atoms with Gasteiger partial charge in [0.25, 0.3) is 0 Å². The minimum absolute atomic E-state index is 0.0323. The van der Waals surface area contributed by atoms with E-state index < -0.39 is 52.9 Å². The number of halogens is 1. The van der Waals surface area contributed by atoms with E-state index in [2.05, 4.69) is 15.0 Å². The summed E-state index contributed by atoms with van der Waals surface area (Å²) >= 11 is 0. The Balaban J connectivity index is 0.000000378. The molecule has 4 atom stereocenters. The van der Waals surface area contributed by atoms with Crippen molar-refractivity contribution in [1.29, 1.82) is 0 Å². The lowest BCUT2D eigenvalue weighted by molar-refractivity contribution is -0.0511. The van der Waals surface area contributed by atoms with E-state index in [0.29, 0.717) is 0 Å². The lowest BCUT2D eigenvalue weighted by Crippen LogP contribution is -2.33. The molecule has 1 saturated heterocycles. The van der Waals surface area contributed by atoms with Crippen molar-refractivity contribution in [3.8, 4) is 0 Å². The van der Waals surface area contributed by atoms with Gasteiger partial charge in [-0.2, -0.15) is 14.4 Å². The van der Waals surface area contributed by atoms with E-state index in [1.165, 1.54) is 10.9 Å². The minimum Gasteiger partial charge on any atom is -0.394 e. The number of anilines is 1. The summed E-state index contributed by atoms with van der Waals surface area (Å²) in [7, 11) is -9.28. The fourth-order valence-electron chi connectivity index (χ4n) is 2.21. The zero-order valence-corrected chi connectivity index (χ0v) is 16.3. The first-order valence-electron chi connectivity index (χ1n) is 7.37. The van der Waals surface area contributed by atoms with Gasteiger partial charge in [0.1, 0.15) is 18.3 Å². The first kappa shape index (κ1) is 26.4.